The first-order chi connectivity index (χ1) is 9.40. The largest absolute Gasteiger partial charge is 0.480 e. The van der Waals surface area contributed by atoms with Crippen LogP contribution in [0.5, 0.6) is 0 Å². The lowest BCUT2D eigenvalue weighted by Gasteiger charge is -2.22. The van der Waals surface area contributed by atoms with Gasteiger partial charge in [-0.15, -0.1) is 0 Å². The molecule has 0 saturated carbocycles. The topological polar surface area (TPSA) is 72.9 Å². The summed E-state index contributed by atoms with van der Waals surface area (Å²) in [5.41, 5.74) is 0.485. The van der Waals surface area contributed by atoms with Crippen LogP contribution in [-0.4, -0.2) is 55.7 Å². The Balaban J connectivity index is 2.75. The highest BCUT2D eigenvalue weighted by Gasteiger charge is 2.18. The van der Waals surface area contributed by atoms with Gasteiger partial charge in [-0.1, -0.05) is 11.6 Å². The Labute approximate surface area is 122 Å². The van der Waals surface area contributed by atoms with Gasteiger partial charge in [0.05, 0.1) is 0 Å². The van der Waals surface area contributed by atoms with Crippen molar-refractivity contribution in [1.82, 2.24) is 10.2 Å². The monoisotopic (exact) mass is 299 g/mol. The zero-order valence-electron chi connectivity index (χ0n) is 11.5. The molecule has 0 fully saturated rings. The number of amides is 2. The quantitative estimate of drug-likeness (QED) is 0.835. The molecule has 0 atom stereocenters. The van der Waals surface area contributed by atoms with Crippen LogP contribution < -0.4 is 10.2 Å². The van der Waals surface area contributed by atoms with Gasteiger partial charge in [-0.3, -0.25) is 9.69 Å². The number of nitrogens with zero attached hydrogens (tertiary/aromatic N) is 2. The van der Waals surface area contributed by atoms with Crippen molar-refractivity contribution in [2.45, 2.75) is 0 Å². The normalized spacial score (nSPS) is 10.4. The van der Waals surface area contributed by atoms with Gasteiger partial charge >= 0.3 is 12.0 Å². The fourth-order valence-corrected chi connectivity index (χ4v) is 1.64. The number of halogens is 1. The molecule has 6 nitrogen and oxygen atoms in total. The second kappa shape index (κ2) is 7.72. The number of hydrogen-bond donors (Lipinski definition) is 2. The lowest BCUT2D eigenvalue weighted by atomic mass is 10.3. The fourth-order valence-electron chi connectivity index (χ4n) is 1.52. The average Bonchev–Trinajstić information content (AvgIpc) is 2.36. The first-order valence-electron chi connectivity index (χ1n) is 6.07. The van der Waals surface area contributed by atoms with Crippen LogP contribution in [-0.2, 0) is 4.79 Å². The van der Waals surface area contributed by atoms with Gasteiger partial charge in [0.25, 0.3) is 0 Å². The highest BCUT2D eigenvalue weighted by atomic mass is 35.5. The van der Waals surface area contributed by atoms with Crippen molar-refractivity contribution in [2.75, 3.05) is 38.6 Å². The van der Waals surface area contributed by atoms with E-state index in [0.717, 1.165) is 4.90 Å². The Morgan fingerprint density at radius 1 is 1.25 bits per heavy atom. The van der Waals surface area contributed by atoms with Crippen LogP contribution in [0, 0.1) is 0 Å². The fraction of sp³-hybridized carbons (Fsp3) is 0.385. The van der Waals surface area contributed by atoms with Gasteiger partial charge in [-0.25, -0.2) is 4.79 Å². The van der Waals surface area contributed by atoms with Crippen LogP contribution in [0.3, 0.4) is 0 Å². The summed E-state index contributed by atoms with van der Waals surface area (Å²) in [4.78, 5) is 26.0. The Morgan fingerprint density at radius 3 is 2.35 bits per heavy atom. The Bertz CT molecular complexity index is 462. The van der Waals surface area contributed by atoms with Gasteiger partial charge in [-0.05, 0) is 38.4 Å². The molecule has 0 radical (unpaired) electrons. The standard InChI is InChI=1S/C13H18ClN3O3/c1-16(2)8-7-15-13(20)17(9-12(18)19)11-5-3-10(14)4-6-11/h3-6H,7-9H2,1-2H3,(H,15,20)(H,18,19). The maximum Gasteiger partial charge on any atom is 0.323 e. The van der Waals surface area contributed by atoms with Crippen molar-refractivity contribution < 1.29 is 14.7 Å². The maximum absolute atomic E-state index is 12.0. The van der Waals surface area contributed by atoms with E-state index >= 15 is 0 Å². The predicted molar refractivity (Wildman–Crippen MR) is 78.4 cm³/mol. The second-order valence-electron chi connectivity index (χ2n) is 4.49. The number of carbonyl (C=O) groups excluding carboxylic acids is 1. The van der Waals surface area contributed by atoms with Gasteiger partial charge in [0.1, 0.15) is 6.54 Å². The van der Waals surface area contributed by atoms with Crippen molar-refractivity contribution in [3.8, 4) is 0 Å². The molecule has 0 unspecified atom stereocenters. The van der Waals surface area contributed by atoms with Gasteiger partial charge in [-0.2, -0.15) is 0 Å². The molecule has 0 aliphatic rings. The molecule has 20 heavy (non-hydrogen) atoms. The average molecular weight is 300 g/mol. The van der Waals surface area contributed by atoms with Gasteiger partial charge in [0.2, 0.25) is 0 Å². The van der Waals surface area contributed by atoms with E-state index < -0.39 is 18.5 Å². The molecule has 1 aromatic rings. The van der Waals surface area contributed by atoms with Crippen molar-refractivity contribution in [3.05, 3.63) is 29.3 Å². The summed E-state index contributed by atoms with van der Waals surface area (Å²) in [6.07, 6.45) is 0. The Kier molecular flexibility index (Phi) is 6.27. The number of carboxylic acids is 1. The lowest BCUT2D eigenvalue weighted by Crippen LogP contribution is -2.44. The van der Waals surface area contributed by atoms with Crippen molar-refractivity contribution in [2.24, 2.45) is 0 Å². The summed E-state index contributed by atoms with van der Waals surface area (Å²) >= 11 is 5.78. The number of benzene rings is 1. The summed E-state index contributed by atoms with van der Waals surface area (Å²) < 4.78 is 0. The minimum atomic E-state index is -1.08. The number of carboxylic acid groups (broad SMARTS) is 1. The van der Waals surface area contributed by atoms with Crippen LogP contribution >= 0.6 is 11.6 Å². The molecule has 110 valence electrons. The lowest BCUT2D eigenvalue weighted by molar-refractivity contribution is -0.135. The molecular weight excluding hydrogens is 282 g/mol. The molecule has 0 saturated heterocycles. The van der Waals surface area contributed by atoms with Crippen molar-refractivity contribution >= 4 is 29.3 Å². The number of nitrogens with one attached hydrogen (secondary N) is 1. The molecular formula is C13H18ClN3O3. The van der Waals surface area contributed by atoms with Crippen LogP contribution in [0.25, 0.3) is 0 Å². The summed E-state index contributed by atoms with van der Waals surface area (Å²) in [6, 6.07) is 5.99. The zero-order chi connectivity index (χ0) is 15.1. The molecule has 2 N–H and O–H groups in total. The summed E-state index contributed by atoms with van der Waals surface area (Å²) in [5, 5.41) is 12.1. The first kappa shape index (κ1) is 16.3. The minimum Gasteiger partial charge on any atom is -0.480 e. The van der Waals surface area contributed by atoms with Gasteiger partial charge in [0, 0.05) is 23.8 Å². The van der Waals surface area contributed by atoms with Crippen molar-refractivity contribution in [1.29, 1.82) is 0 Å². The number of hydrogen-bond acceptors (Lipinski definition) is 3. The van der Waals surface area contributed by atoms with E-state index in [1.165, 1.54) is 0 Å². The van der Waals surface area contributed by atoms with E-state index in [1.54, 1.807) is 24.3 Å². The number of carbonyl (C=O) groups is 2. The van der Waals surface area contributed by atoms with Crippen molar-refractivity contribution in [3.63, 3.8) is 0 Å². The first-order valence-corrected chi connectivity index (χ1v) is 6.45. The molecule has 0 aromatic heterocycles. The summed E-state index contributed by atoms with van der Waals surface area (Å²) in [6.45, 7) is 0.707. The summed E-state index contributed by atoms with van der Waals surface area (Å²) in [5.74, 6) is -1.08. The third-order valence-corrected chi connectivity index (χ3v) is 2.76. The van der Waals surface area contributed by atoms with E-state index in [9.17, 15) is 9.59 Å². The van der Waals surface area contributed by atoms with E-state index in [4.69, 9.17) is 16.7 Å². The third kappa shape index (κ3) is 5.46. The van der Waals surface area contributed by atoms with Gasteiger partial charge in [0.15, 0.2) is 0 Å². The molecule has 0 aliphatic heterocycles. The number of rotatable bonds is 6. The second-order valence-corrected chi connectivity index (χ2v) is 4.93. The highest BCUT2D eigenvalue weighted by molar-refractivity contribution is 6.30. The summed E-state index contributed by atoms with van der Waals surface area (Å²) in [7, 11) is 3.78. The Morgan fingerprint density at radius 2 is 1.85 bits per heavy atom. The molecule has 0 aliphatic carbocycles. The molecule has 0 bridgehead atoms. The Hall–Kier alpha value is -1.79. The van der Waals surface area contributed by atoms with Crippen LogP contribution in [0.2, 0.25) is 5.02 Å². The third-order valence-electron chi connectivity index (χ3n) is 2.51. The molecule has 1 rings (SSSR count). The molecule has 0 heterocycles. The molecule has 1 aromatic carbocycles. The highest BCUT2D eigenvalue weighted by Crippen LogP contribution is 2.17. The van der Waals surface area contributed by atoms with E-state index in [0.29, 0.717) is 23.8 Å². The molecule has 2 amide bonds. The smallest absolute Gasteiger partial charge is 0.323 e. The number of likely N-dealkylation sites (N-methyl/N-ethyl adjacent to an activating group) is 1. The predicted octanol–water partition coefficient (Wildman–Crippen LogP) is 1.50. The number of anilines is 1. The van der Waals surface area contributed by atoms with Crippen LogP contribution in [0.4, 0.5) is 10.5 Å². The van der Waals surface area contributed by atoms with Gasteiger partial charge < -0.3 is 15.3 Å². The van der Waals surface area contributed by atoms with E-state index in [-0.39, 0.29) is 0 Å². The zero-order valence-corrected chi connectivity index (χ0v) is 12.2. The SMILES string of the molecule is CN(C)CCNC(=O)N(CC(=O)O)c1ccc(Cl)cc1. The van der Waals surface area contributed by atoms with E-state index in [2.05, 4.69) is 5.32 Å². The molecule has 0 spiro atoms. The number of urea groups is 1. The molecule has 7 heteroatoms. The maximum atomic E-state index is 12.0. The van der Waals surface area contributed by atoms with E-state index in [1.807, 2.05) is 19.0 Å². The minimum absolute atomic E-state index is 0.407. The number of aliphatic carboxylic acids is 1. The van der Waals surface area contributed by atoms with Crippen LogP contribution in [0.1, 0.15) is 0 Å². The van der Waals surface area contributed by atoms with Crippen LogP contribution in [0.15, 0.2) is 24.3 Å².